The Morgan fingerprint density at radius 3 is 1.82 bits per heavy atom. The maximum absolute atomic E-state index is 3.84. The molecule has 1 aromatic rings. The number of hydrogen-bond acceptors (Lipinski definition) is 0. The van der Waals surface area contributed by atoms with Gasteiger partial charge >= 0.3 is 0 Å². The summed E-state index contributed by atoms with van der Waals surface area (Å²) >= 11 is 0. The monoisotopic (exact) mass is 147 g/mol. The highest BCUT2D eigenvalue weighted by molar-refractivity contribution is 5.28. The highest BCUT2D eigenvalue weighted by atomic mass is 14.2. The summed E-state index contributed by atoms with van der Waals surface area (Å²) in [6, 6.07) is 8.39. The molecule has 0 amide bonds. The molecule has 0 aromatic heterocycles. The molecule has 0 aliphatic carbocycles. The summed E-state index contributed by atoms with van der Waals surface area (Å²) in [7, 11) is 0. The van der Waals surface area contributed by atoms with E-state index in [1.807, 2.05) is 0 Å². The van der Waals surface area contributed by atoms with Crippen LogP contribution < -0.4 is 0 Å². The molecule has 59 valence electrons. The van der Waals surface area contributed by atoms with Crippen LogP contribution in [0.5, 0.6) is 0 Å². The van der Waals surface area contributed by atoms with Gasteiger partial charge in [0.25, 0.3) is 0 Å². The fourth-order valence-corrected chi connectivity index (χ4v) is 1.00. The van der Waals surface area contributed by atoms with E-state index in [2.05, 4.69) is 52.0 Å². The van der Waals surface area contributed by atoms with Crippen LogP contribution in [-0.2, 0) is 5.41 Å². The van der Waals surface area contributed by atoms with Gasteiger partial charge in [-0.2, -0.15) is 0 Å². The van der Waals surface area contributed by atoms with E-state index < -0.39 is 0 Å². The third-order valence-electron chi connectivity index (χ3n) is 1.82. The van der Waals surface area contributed by atoms with E-state index in [4.69, 9.17) is 0 Å². The van der Waals surface area contributed by atoms with Gasteiger partial charge in [0.2, 0.25) is 0 Å². The van der Waals surface area contributed by atoms with Crippen LogP contribution in [0.25, 0.3) is 0 Å². The molecule has 1 aromatic carbocycles. The Bertz CT molecular complexity index is 223. The number of hydrogen-bond donors (Lipinski definition) is 0. The number of rotatable bonds is 0. The first-order valence-electron chi connectivity index (χ1n) is 3.92. The van der Waals surface area contributed by atoms with Crippen LogP contribution in [0.1, 0.15) is 31.9 Å². The summed E-state index contributed by atoms with van der Waals surface area (Å²) in [6.07, 6.45) is 0. The van der Waals surface area contributed by atoms with Gasteiger partial charge in [0, 0.05) is 0 Å². The van der Waals surface area contributed by atoms with E-state index in [1.54, 1.807) is 0 Å². The van der Waals surface area contributed by atoms with Gasteiger partial charge in [0.1, 0.15) is 0 Å². The van der Waals surface area contributed by atoms with E-state index >= 15 is 0 Å². The van der Waals surface area contributed by atoms with Crippen molar-refractivity contribution >= 4 is 0 Å². The van der Waals surface area contributed by atoms with E-state index in [1.165, 1.54) is 5.56 Å². The van der Waals surface area contributed by atoms with Crippen LogP contribution in [-0.4, -0.2) is 0 Å². The van der Waals surface area contributed by atoms with Crippen molar-refractivity contribution in [2.45, 2.75) is 26.2 Å². The lowest BCUT2D eigenvalue weighted by atomic mass is 9.87. The van der Waals surface area contributed by atoms with Gasteiger partial charge in [-0.15, -0.1) is 0 Å². The van der Waals surface area contributed by atoms with Crippen molar-refractivity contribution < 1.29 is 0 Å². The highest BCUT2D eigenvalue weighted by Gasteiger charge is 2.11. The minimum Gasteiger partial charge on any atom is -0.0587 e. The second kappa shape index (κ2) is 2.69. The Morgan fingerprint density at radius 2 is 1.45 bits per heavy atom. The summed E-state index contributed by atoms with van der Waals surface area (Å²) in [5.74, 6) is 0. The Labute approximate surface area is 69.3 Å². The summed E-state index contributed by atoms with van der Waals surface area (Å²) in [6.45, 7) is 10.5. The largest absolute Gasteiger partial charge is 0.0587 e. The van der Waals surface area contributed by atoms with Crippen LogP contribution >= 0.6 is 0 Å². The molecule has 0 saturated carbocycles. The summed E-state index contributed by atoms with van der Waals surface area (Å²) in [4.78, 5) is 0. The zero-order valence-corrected chi connectivity index (χ0v) is 7.52. The van der Waals surface area contributed by atoms with Gasteiger partial charge in [0.05, 0.1) is 0 Å². The topological polar surface area (TPSA) is 0 Å². The maximum atomic E-state index is 3.84. The fraction of sp³-hybridized carbons (Fsp3) is 0.364. The molecule has 0 atom stereocenters. The minimum absolute atomic E-state index is 0.258. The van der Waals surface area contributed by atoms with Crippen LogP contribution in [0.3, 0.4) is 0 Å². The van der Waals surface area contributed by atoms with Gasteiger partial charge in [-0.25, -0.2) is 0 Å². The molecule has 11 heavy (non-hydrogen) atoms. The number of benzene rings is 1. The minimum atomic E-state index is 0.258. The Balaban J connectivity index is 2.99. The van der Waals surface area contributed by atoms with E-state index in [0.29, 0.717) is 0 Å². The third-order valence-corrected chi connectivity index (χ3v) is 1.82. The van der Waals surface area contributed by atoms with Crippen molar-refractivity contribution in [1.82, 2.24) is 0 Å². The molecule has 0 heterocycles. The normalized spacial score (nSPS) is 11.6. The summed E-state index contributed by atoms with van der Waals surface area (Å²) < 4.78 is 0. The molecule has 1 rings (SSSR count). The van der Waals surface area contributed by atoms with Gasteiger partial charge < -0.3 is 0 Å². The lowest BCUT2D eigenvalue weighted by molar-refractivity contribution is 0.590. The average Bonchev–Trinajstić information content (AvgIpc) is 1.86. The summed E-state index contributed by atoms with van der Waals surface area (Å²) in [5.41, 5.74) is 2.70. The first kappa shape index (κ1) is 8.32. The predicted octanol–water partition coefficient (Wildman–Crippen LogP) is 3.17. The molecule has 0 unspecified atom stereocenters. The van der Waals surface area contributed by atoms with Crippen LogP contribution in [0, 0.1) is 6.92 Å². The van der Waals surface area contributed by atoms with Gasteiger partial charge in [-0.05, 0) is 23.5 Å². The first-order valence-corrected chi connectivity index (χ1v) is 3.92. The molecule has 0 N–H and O–H groups in total. The Morgan fingerprint density at radius 1 is 1.00 bits per heavy atom. The molecular weight excluding hydrogens is 132 g/mol. The quantitative estimate of drug-likeness (QED) is 0.528. The van der Waals surface area contributed by atoms with Crippen molar-refractivity contribution in [3.05, 3.63) is 42.3 Å². The molecule has 0 bridgehead atoms. The molecule has 0 nitrogen and oxygen atoms in total. The van der Waals surface area contributed by atoms with Crippen molar-refractivity contribution in [3.63, 3.8) is 0 Å². The predicted molar refractivity (Wildman–Crippen MR) is 49.6 cm³/mol. The zero-order chi connectivity index (χ0) is 8.48. The second-order valence-electron chi connectivity index (χ2n) is 3.95. The SMILES string of the molecule is [CH2]c1ccc(C(C)(C)C)cc1. The van der Waals surface area contributed by atoms with Crippen molar-refractivity contribution in [2.75, 3.05) is 0 Å². The zero-order valence-electron chi connectivity index (χ0n) is 7.52. The Hall–Kier alpha value is -0.780. The van der Waals surface area contributed by atoms with Crippen LogP contribution in [0.4, 0.5) is 0 Å². The third kappa shape index (κ3) is 2.07. The van der Waals surface area contributed by atoms with Gasteiger partial charge in [-0.3, -0.25) is 0 Å². The first-order chi connectivity index (χ1) is 5.00. The second-order valence-corrected chi connectivity index (χ2v) is 3.95. The molecule has 0 aliphatic heterocycles. The molecular formula is C11H15. The smallest absolute Gasteiger partial charge is 0.0132 e. The molecule has 1 radical (unpaired) electrons. The van der Waals surface area contributed by atoms with Crippen molar-refractivity contribution in [1.29, 1.82) is 0 Å². The maximum Gasteiger partial charge on any atom is -0.0132 e. The van der Waals surface area contributed by atoms with Gasteiger partial charge in [0.15, 0.2) is 0 Å². The lowest BCUT2D eigenvalue weighted by Gasteiger charge is -2.18. The fourth-order valence-electron chi connectivity index (χ4n) is 1.00. The molecule has 0 aliphatic rings. The lowest BCUT2D eigenvalue weighted by Crippen LogP contribution is -2.10. The standard InChI is InChI=1S/C11H15/c1-9-5-7-10(8-6-9)11(2,3)4/h5-8H,1H2,2-4H3. The van der Waals surface area contributed by atoms with E-state index in [0.717, 1.165) is 5.56 Å². The Kier molecular flexibility index (Phi) is 2.03. The summed E-state index contributed by atoms with van der Waals surface area (Å²) in [5, 5.41) is 0. The van der Waals surface area contributed by atoms with Crippen molar-refractivity contribution in [2.24, 2.45) is 0 Å². The van der Waals surface area contributed by atoms with Crippen molar-refractivity contribution in [3.8, 4) is 0 Å². The molecule has 0 fully saturated rings. The molecule has 0 heteroatoms. The van der Waals surface area contributed by atoms with Crippen LogP contribution in [0.15, 0.2) is 24.3 Å². The van der Waals surface area contributed by atoms with Crippen LogP contribution in [0.2, 0.25) is 0 Å². The van der Waals surface area contributed by atoms with E-state index in [-0.39, 0.29) is 5.41 Å². The average molecular weight is 147 g/mol. The highest BCUT2D eigenvalue weighted by Crippen LogP contribution is 2.21. The molecule has 0 saturated heterocycles. The van der Waals surface area contributed by atoms with E-state index in [9.17, 15) is 0 Å². The van der Waals surface area contributed by atoms with Gasteiger partial charge in [-0.1, -0.05) is 45.0 Å². The molecule has 0 spiro atoms.